The smallest absolute Gasteiger partial charge is 0.145 e. The van der Waals surface area contributed by atoms with Crippen LogP contribution in [0.25, 0.3) is 11.1 Å². The number of ether oxygens (including phenoxy) is 1. The van der Waals surface area contributed by atoms with Crippen LogP contribution in [0.2, 0.25) is 5.02 Å². The maximum Gasteiger partial charge on any atom is 0.145 e. The summed E-state index contributed by atoms with van der Waals surface area (Å²) >= 11 is 6.13. The first-order chi connectivity index (χ1) is 7.83. The topological polar surface area (TPSA) is 9.23 Å². The van der Waals surface area contributed by atoms with Gasteiger partial charge in [0.15, 0.2) is 0 Å². The number of para-hydroxylation sites is 1. The van der Waals surface area contributed by atoms with Crippen molar-refractivity contribution < 1.29 is 4.74 Å². The zero-order chi connectivity index (χ0) is 11.4. The van der Waals surface area contributed by atoms with E-state index in [4.69, 9.17) is 16.3 Å². The molecule has 0 amide bonds. The van der Waals surface area contributed by atoms with Crippen molar-refractivity contribution in [3.63, 3.8) is 0 Å². The Morgan fingerprint density at radius 1 is 1.00 bits per heavy atom. The largest absolute Gasteiger partial charge is 0.492 e. The van der Waals surface area contributed by atoms with Crippen LogP contribution in [0, 0.1) is 0 Å². The average Bonchev–Trinajstić information content (AvgIpc) is 2.33. The molecule has 16 heavy (non-hydrogen) atoms. The van der Waals surface area contributed by atoms with Gasteiger partial charge in [-0.25, -0.2) is 0 Å². The normalized spacial score (nSPS) is 10.1. The summed E-state index contributed by atoms with van der Waals surface area (Å²) < 4.78 is 5.59. The standard InChI is InChI=1S/C14H13ClO/c1-2-16-14-12(9-6-10-13(14)15)11-7-4-3-5-8-11/h3-10H,2H2,1H3. The fourth-order valence-corrected chi connectivity index (χ4v) is 1.87. The van der Waals surface area contributed by atoms with E-state index in [1.54, 1.807) is 0 Å². The Morgan fingerprint density at radius 3 is 2.44 bits per heavy atom. The van der Waals surface area contributed by atoms with Gasteiger partial charge < -0.3 is 4.74 Å². The summed E-state index contributed by atoms with van der Waals surface area (Å²) in [5, 5.41) is 0.656. The fourth-order valence-electron chi connectivity index (χ4n) is 1.64. The number of hydrogen-bond acceptors (Lipinski definition) is 1. The zero-order valence-electron chi connectivity index (χ0n) is 9.11. The quantitative estimate of drug-likeness (QED) is 0.762. The van der Waals surface area contributed by atoms with Gasteiger partial charge in [0, 0.05) is 5.56 Å². The third-order valence-electron chi connectivity index (χ3n) is 2.34. The second-order valence-corrected chi connectivity index (χ2v) is 3.82. The second kappa shape index (κ2) is 5.04. The van der Waals surface area contributed by atoms with E-state index in [1.807, 2.05) is 55.5 Å². The minimum absolute atomic E-state index is 0.615. The van der Waals surface area contributed by atoms with Gasteiger partial charge in [-0.05, 0) is 18.6 Å². The van der Waals surface area contributed by atoms with E-state index in [1.165, 1.54) is 0 Å². The Labute approximate surface area is 101 Å². The molecule has 0 aliphatic rings. The van der Waals surface area contributed by atoms with Crippen molar-refractivity contribution in [1.82, 2.24) is 0 Å². The maximum atomic E-state index is 6.13. The first kappa shape index (κ1) is 11.0. The monoisotopic (exact) mass is 232 g/mol. The van der Waals surface area contributed by atoms with Crippen LogP contribution < -0.4 is 4.74 Å². The van der Waals surface area contributed by atoms with Crippen molar-refractivity contribution in [1.29, 1.82) is 0 Å². The maximum absolute atomic E-state index is 6.13. The van der Waals surface area contributed by atoms with Crippen LogP contribution in [0.1, 0.15) is 6.92 Å². The summed E-state index contributed by atoms with van der Waals surface area (Å²) in [5.41, 5.74) is 2.16. The van der Waals surface area contributed by atoms with Crippen LogP contribution in [0.15, 0.2) is 48.5 Å². The summed E-state index contributed by atoms with van der Waals surface area (Å²) in [7, 11) is 0. The Hall–Kier alpha value is -1.47. The van der Waals surface area contributed by atoms with Crippen LogP contribution in [0.5, 0.6) is 5.75 Å². The molecule has 0 fully saturated rings. The number of hydrogen-bond donors (Lipinski definition) is 0. The molecule has 0 saturated carbocycles. The van der Waals surface area contributed by atoms with Crippen LogP contribution in [-0.2, 0) is 0 Å². The van der Waals surface area contributed by atoms with Gasteiger partial charge in [0.25, 0.3) is 0 Å². The second-order valence-electron chi connectivity index (χ2n) is 3.42. The highest BCUT2D eigenvalue weighted by molar-refractivity contribution is 6.32. The van der Waals surface area contributed by atoms with Crippen LogP contribution in [0.4, 0.5) is 0 Å². The van der Waals surface area contributed by atoms with Crippen LogP contribution in [-0.4, -0.2) is 6.61 Å². The summed E-state index contributed by atoms with van der Waals surface area (Å²) in [5.74, 6) is 0.762. The van der Waals surface area contributed by atoms with Gasteiger partial charge in [-0.3, -0.25) is 0 Å². The third kappa shape index (κ3) is 2.20. The highest BCUT2D eigenvalue weighted by atomic mass is 35.5. The molecule has 0 bridgehead atoms. The Morgan fingerprint density at radius 2 is 1.75 bits per heavy atom. The van der Waals surface area contributed by atoms with Crippen molar-refractivity contribution in [2.24, 2.45) is 0 Å². The van der Waals surface area contributed by atoms with Gasteiger partial charge >= 0.3 is 0 Å². The van der Waals surface area contributed by atoms with E-state index in [0.29, 0.717) is 11.6 Å². The molecule has 0 spiro atoms. The van der Waals surface area contributed by atoms with Gasteiger partial charge in [-0.2, -0.15) is 0 Å². The summed E-state index contributed by atoms with van der Waals surface area (Å²) in [6.45, 7) is 2.57. The molecule has 0 unspecified atom stereocenters. The molecule has 0 aromatic heterocycles. The lowest BCUT2D eigenvalue weighted by atomic mass is 10.0. The number of benzene rings is 2. The molecule has 0 aliphatic carbocycles. The van der Waals surface area contributed by atoms with E-state index in [0.717, 1.165) is 16.9 Å². The van der Waals surface area contributed by atoms with Crippen molar-refractivity contribution in [3.05, 3.63) is 53.6 Å². The summed E-state index contributed by atoms with van der Waals surface area (Å²) in [6.07, 6.45) is 0. The van der Waals surface area contributed by atoms with E-state index in [2.05, 4.69) is 0 Å². The molecule has 0 atom stereocenters. The predicted octanol–water partition coefficient (Wildman–Crippen LogP) is 4.41. The Kier molecular flexibility index (Phi) is 3.47. The Balaban J connectivity index is 2.52. The van der Waals surface area contributed by atoms with Gasteiger partial charge in [0.05, 0.1) is 11.6 Å². The molecule has 2 aromatic rings. The lowest BCUT2D eigenvalue weighted by Gasteiger charge is -2.11. The molecule has 0 radical (unpaired) electrons. The van der Waals surface area contributed by atoms with Crippen molar-refractivity contribution in [3.8, 4) is 16.9 Å². The van der Waals surface area contributed by atoms with Crippen molar-refractivity contribution >= 4 is 11.6 Å². The average molecular weight is 233 g/mol. The molecular weight excluding hydrogens is 220 g/mol. The Bertz CT molecular complexity index is 465. The van der Waals surface area contributed by atoms with E-state index >= 15 is 0 Å². The molecular formula is C14H13ClO. The molecule has 0 heterocycles. The first-order valence-electron chi connectivity index (χ1n) is 5.29. The highest BCUT2D eigenvalue weighted by Gasteiger charge is 2.09. The predicted molar refractivity (Wildman–Crippen MR) is 68.1 cm³/mol. The minimum atomic E-state index is 0.615. The highest BCUT2D eigenvalue weighted by Crippen LogP contribution is 2.35. The van der Waals surface area contributed by atoms with Gasteiger partial charge in [-0.15, -0.1) is 0 Å². The first-order valence-corrected chi connectivity index (χ1v) is 5.67. The zero-order valence-corrected chi connectivity index (χ0v) is 9.87. The summed E-state index contributed by atoms with van der Waals surface area (Å²) in [6, 6.07) is 15.9. The van der Waals surface area contributed by atoms with E-state index in [-0.39, 0.29) is 0 Å². The molecule has 0 aliphatic heterocycles. The van der Waals surface area contributed by atoms with Crippen molar-refractivity contribution in [2.75, 3.05) is 6.61 Å². The molecule has 82 valence electrons. The van der Waals surface area contributed by atoms with Crippen molar-refractivity contribution in [2.45, 2.75) is 6.92 Å². The number of halogens is 1. The molecule has 2 aromatic carbocycles. The summed E-state index contributed by atoms with van der Waals surface area (Å²) in [4.78, 5) is 0. The minimum Gasteiger partial charge on any atom is -0.492 e. The lowest BCUT2D eigenvalue weighted by Crippen LogP contribution is -1.94. The molecule has 0 saturated heterocycles. The SMILES string of the molecule is CCOc1c(Cl)cccc1-c1ccccc1. The van der Waals surface area contributed by atoms with E-state index in [9.17, 15) is 0 Å². The van der Waals surface area contributed by atoms with Crippen LogP contribution in [0.3, 0.4) is 0 Å². The lowest BCUT2D eigenvalue weighted by molar-refractivity contribution is 0.342. The molecule has 2 rings (SSSR count). The third-order valence-corrected chi connectivity index (χ3v) is 2.64. The molecule has 2 heteroatoms. The molecule has 1 nitrogen and oxygen atoms in total. The fraction of sp³-hybridized carbons (Fsp3) is 0.143. The van der Waals surface area contributed by atoms with Crippen LogP contribution >= 0.6 is 11.6 Å². The number of rotatable bonds is 3. The van der Waals surface area contributed by atoms with Gasteiger partial charge in [0.2, 0.25) is 0 Å². The van der Waals surface area contributed by atoms with Gasteiger partial charge in [-0.1, -0.05) is 54.1 Å². The van der Waals surface area contributed by atoms with E-state index < -0.39 is 0 Å². The molecule has 0 N–H and O–H groups in total. The van der Waals surface area contributed by atoms with Gasteiger partial charge in [0.1, 0.15) is 5.75 Å².